The van der Waals surface area contributed by atoms with E-state index in [0.29, 0.717) is 0 Å². The van der Waals surface area contributed by atoms with Crippen LogP contribution in [0.3, 0.4) is 0 Å². The molecule has 0 rings (SSSR count). The van der Waals surface area contributed by atoms with Crippen molar-refractivity contribution in [2.24, 2.45) is 10.1 Å². The lowest BCUT2D eigenvalue weighted by Crippen LogP contribution is -1.89. The molecule has 0 fully saturated rings. The summed E-state index contributed by atoms with van der Waals surface area (Å²) in [6, 6.07) is 0. The average Bonchev–Trinajstić information content (AvgIpc) is 1.81. The Labute approximate surface area is 52.8 Å². The highest BCUT2D eigenvalue weighted by Crippen LogP contribution is 1.62. The largest absolute Gasteiger partial charge is 0.285 e. The summed E-state index contributed by atoms with van der Waals surface area (Å²) in [7, 11) is 0. The van der Waals surface area contributed by atoms with Crippen LogP contribution in [0.15, 0.2) is 22.9 Å². The number of hydrazone groups is 1. The zero-order valence-corrected chi connectivity index (χ0v) is 4.97. The molecule has 0 bridgehead atoms. The second-order valence-corrected chi connectivity index (χ2v) is 1.02. The molecular formula is C4H6ClN3. The van der Waals surface area contributed by atoms with E-state index in [-0.39, 0.29) is 0 Å². The van der Waals surface area contributed by atoms with Gasteiger partial charge in [-0.25, -0.2) is 4.99 Å². The van der Waals surface area contributed by atoms with Gasteiger partial charge >= 0.3 is 0 Å². The van der Waals surface area contributed by atoms with E-state index in [2.05, 4.69) is 22.1 Å². The summed E-state index contributed by atoms with van der Waals surface area (Å²) < 4.78 is 0. The lowest BCUT2D eigenvalue weighted by atomic mass is 11.1. The maximum Gasteiger partial charge on any atom is 0.136 e. The maximum absolute atomic E-state index is 5.04. The van der Waals surface area contributed by atoms with E-state index < -0.39 is 0 Å². The van der Waals surface area contributed by atoms with Crippen LogP contribution >= 0.6 is 11.6 Å². The SMILES string of the molecule is C=CN/N=C\N=CCl. The highest BCUT2D eigenvalue weighted by atomic mass is 35.5. The van der Waals surface area contributed by atoms with Crippen molar-refractivity contribution in [1.29, 1.82) is 0 Å². The number of aliphatic imine (C=N–C) groups is 1. The van der Waals surface area contributed by atoms with Gasteiger partial charge in [0, 0.05) is 6.20 Å². The Morgan fingerprint density at radius 1 is 1.62 bits per heavy atom. The molecule has 0 saturated heterocycles. The van der Waals surface area contributed by atoms with Gasteiger partial charge in [0.2, 0.25) is 0 Å². The molecule has 8 heavy (non-hydrogen) atoms. The van der Waals surface area contributed by atoms with Crippen LogP contribution < -0.4 is 5.43 Å². The van der Waals surface area contributed by atoms with Crippen LogP contribution in [0.1, 0.15) is 0 Å². The van der Waals surface area contributed by atoms with Crippen LogP contribution in [-0.2, 0) is 0 Å². The fraction of sp³-hybridized carbons (Fsp3) is 0. The van der Waals surface area contributed by atoms with Gasteiger partial charge in [0.1, 0.15) is 6.34 Å². The van der Waals surface area contributed by atoms with Crippen LogP contribution in [0.2, 0.25) is 0 Å². The van der Waals surface area contributed by atoms with Crippen molar-refractivity contribution in [2.45, 2.75) is 0 Å². The Balaban J connectivity index is 3.19. The van der Waals surface area contributed by atoms with Gasteiger partial charge in [0.15, 0.2) is 0 Å². The second-order valence-electron chi connectivity index (χ2n) is 0.824. The van der Waals surface area contributed by atoms with Crippen molar-refractivity contribution in [3.63, 3.8) is 0 Å². The molecule has 0 amide bonds. The number of nitrogens with zero attached hydrogens (tertiary/aromatic N) is 2. The van der Waals surface area contributed by atoms with E-state index in [9.17, 15) is 0 Å². The topological polar surface area (TPSA) is 36.8 Å². The molecule has 0 aromatic carbocycles. The first-order chi connectivity index (χ1) is 3.91. The fourth-order valence-corrected chi connectivity index (χ4v) is 0.195. The highest BCUT2D eigenvalue weighted by molar-refractivity contribution is 6.56. The van der Waals surface area contributed by atoms with Gasteiger partial charge in [-0.1, -0.05) is 18.2 Å². The molecule has 44 valence electrons. The summed E-state index contributed by atoms with van der Waals surface area (Å²) in [6.45, 7) is 3.35. The van der Waals surface area contributed by atoms with Crippen LogP contribution in [0, 0.1) is 0 Å². The molecule has 0 radical (unpaired) electrons. The van der Waals surface area contributed by atoms with E-state index in [1.165, 1.54) is 12.5 Å². The third-order valence-electron chi connectivity index (χ3n) is 0.347. The van der Waals surface area contributed by atoms with Crippen LogP contribution in [0.5, 0.6) is 0 Å². The summed E-state index contributed by atoms with van der Waals surface area (Å²) in [5, 5.41) is 3.50. The van der Waals surface area contributed by atoms with Gasteiger partial charge in [-0.05, 0) is 0 Å². The molecule has 0 aliphatic heterocycles. The van der Waals surface area contributed by atoms with E-state index in [4.69, 9.17) is 11.6 Å². The molecule has 0 heterocycles. The van der Waals surface area contributed by atoms with E-state index in [1.807, 2.05) is 0 Å². The zero-order valence-electron chi connectivity index (χ0n) is 4.21. The fourth-order valence-electron chi connectivity index (χ4n) is 0.145. The number of nitrogens with one attached hydrogen (secondary N) is 1. The van der Waals surface area contributed by atoms with Gasteiger partial charge in [-0.15, -0.1) is 0 Å². The average molecular weight is 132 g/mol. The number of halogens is 1. The lowest BCUT2D eigenvalue weighted by Gasteiger charge is -1.80. The van der Waals surface area contributed by atoms with Crippen molar-refractivity contribution in [1.82, 2.24) is 5.43 Å². The molecule has 0 saturated carbocycles. The Bertz CT molecular complexity index is 108. The normalized spacial score (nSPS) is 10.6. The van der Waals surface area contributed by atoms with Gasteiger partial charge in [-0.2, -0.15) is 5.10 Å². The van der Waals surface area contributed by atoms with E-state index in [1.54, 1.807) is 0 Å². The maximum atomic E-state index is 5.04. The summed E-state index contributed by atoms with van der Waals surface area (Å²) in [5.74, 6) is 0. The molecule has 0 aromatic rings. The van der Waals surface area contributed by atoms with Gasteiger partial charge in [0.25, 0.3) is 0 Å². The van der Waals surface area contributed by atoms with Gasteiger partial charge < -0.3 is 0 Å². The van der Waals surface area contributed by atoms with Crippen LogP contribution in [0.25, 0.3) is 0 Å². The van der Waals surface area contributed by atoms with Crippen molar-refractivity contribution in [3.8, 4) is 0 Å². The predicted molar refractivity (Wildman–Crippen MR) is 36.2 cm³/mol. The molecule has 3 nitrogen and oxygen atoms in total. The number of hydrogen-bond donors (Lipinski definition) is 1. The Hall–Kier alpha value is -0.830. The molecule has 0 aromatic heterocycles. The molecule has 0 spiro atoms. The molecule has 0 unspecified atom stereocenters. The third kappa shape index (κ3) is 5.17. The van der Waals surface area contributed by atoms with Crippen molar-refractivity contribution in [2.75, 3.05) is 0 Å². The standard InChI is InChI=1S/C4H6ClN3/c1-2-7-8-4-6-3-5/h2-4,7H,1H2/b6-3?,8-4-. The quantitative estimate of drug-likeness (QED) is 0.345. The highest BCUT2D eigenvalue weighted by Gasteiger charge is 1.58. The molecule has 0 aliphatic carbocycles. The summed E-state index contributed by atoms with van der Waals surface area (Å²) in [6.07, 6.45) is 2.70. The Morgan fingerprint density at radius 2 is 2.38 bits per heavy atom. The first-order valence-corrected chi connectivity index (χ1v) is 2.35. The first-order valence-electron chi connectivity index (χ1n) is 1.91. The molecule has 0 atom stereocenters. The van der Waals surface area contributed by atoms with Gasteiger partial charge in [0.05, 0.1) is 5.67 Å². The van der Waals surface area contributed by atoms with Crippen LogP contribution in [-0.4, -0.2) is 12.0 Å². The minimum absolute atomic E-state index is 1.12. The third-order valence-corrected chi connectivity index (χ3v) is 0.459. The Kier molecular flexibility index (Phi) is 5.53. The summed E-state index contributed by atoms with van der Waals surface area (Å²) in [5.41, 5.74) is 3.56. The Morgan fingerprint density at radius 3 is 2.88 bits per heavy atom. The molecule has 1 N–H and O–H groups in total. The zero-order chi connectivity index (χ0) is 6.24. The summed E-state index contributed by atoms with van der Waals surface area (Å²) in [4.78, 5) is 3.45. The van der Waals surface area contributed by atoms with E-state index >= 15 is 0 Å². The number of hydrogen-bond acceptors (Lipinski definition) is 2. The van der Waals surface area contributed by atoms with Crippen molar-refractivity contribution < 1.29 is 0 Å². The molecule has 0 aliphatic rings. The van der Waals surface area contributed by atoms with E-state index in [0.717, 1.165) is 5.67 Å². The number of rotatable bonds is 3. The minimum Gasteiger partial charge on any atom is -0.285 e. The van der Waals surface area contributed by atoms with Crippen molar-refractivity contribution in [3.05, 3.63) is 12.8 Å². The first kappa shape index (κ1) is 7.17. The monoisotopic (exact) mass is 131 g/mol. The minimum atomic E-state index is 1.12. The molecule has 4 heteroatoms. The lowest BCUT2D eigenvalue weighted by molar-refractivity contribution is 0.977. The van der Waals surface area contributed by atoms with Crippen molar-refractivity contribution >= 4 is 23.6 Å². The van der Waals surface area contributed by atoms with Gasteiger partial charge in [-0.3, -0.25) is 5.43 Å². The second kappa shape index (κ2) is 6.17. The summed E-state index contributed by atoms with van der Waals surface area (Å²) >= 11 is 5.04. The predicted octanol–water partition coefficient (Wildman–Crippen LogP) is 0.930. The molecular weight excluding hydrogens is 126 g/mol. The van der Waals surface area contributed by atoms with Crippen LogP contribution in [0.4, 0.5) is 0 Å². The smallest absolute Gasteiger partial charge is 0.136 e.